The molecule has 6 nitrogen and oxygen atoms in total. The molecule has 0 saturated heterocycles. The summed E-state index contributed by atoms with van der Waals surface area (Å²) < 4.78 is 174. The van der Waals surface area contributed by atoms with Gasteiger partial charge in [0, 0.05) is 50.0 Å². The van der Waals surface area contributed by atoms with Crippen molar-refractivity contribution >= 4 is 43.6 Å². The molecule has 0 aliphatic carbocycles. The number of alkyl halides is 12. The lowest BCUT2D eigenvalue weighted by Gasteiger charge is -2.20. The monoisotopic (exact) mass is 1140 g/mol. The Morgan fingerprint density at radius 1 is 0.286 bits per heavy atom. The first-order chi connectivity index (χ1) is 40.2. The normalized spacial score (nSPS) is 12.5. The summed E-state index contributed by atoms with van der Waals surface area (Å²) in [6.07, 6.45) is -18.8. The number of rotatable bonds is 8. The Labute approximate surface area is 468 Å². The first-order valence-electron chi connectivity index (χ1n) is 25.8. The number of halogens is 12. The van der Waals surface area contributed by atoms with Crippen molar-refractivity contribution < 1.29 is 52.7 Å². The highest BCUT2D eigenvalue weighted by Gasteiger charge is 2.39. The molecule has 18 heteroatoms. The number of benzene rings is 9. The number of aromatic nitrogens is 6. The maximum atomic E-state index is 14.2. The van der Waals surface area contributed by atoms with Crippen LogP contribution in [0, 0.1) is 0 Å². The fraction of sp³-hybridized carbons (Fsp3) is 0.0606. The second-order valence-electron chi connectivity index (χ2n) is 19.9. The largest absolute Gasteiger partial charge is 0.416 e. The average molecular weight is 1140 g/mol. The molecule has 0 fully saturated rings. The van der Waals surface area contributed by atoms with E-state index in [-0.39, 0.29) is 40.2 Å². The van der Waals surface area contributed by atoms with E-state index >= 15 is 0 Å². The van der Waals surface area contributed by atoms with Gasteiger partial charge in [0.25, 0.3) is 0 Å². The van der Waals surface area contributed by atoms with Gasteiger partial charge in [-0.05, 0) is 113 Å². The summed E-state index contributed by atoms with van der Waals surface area (Å²) in [5.41, 5.74) is -0.686. The van der Waals surface area contributed by atoms with E-state index in [0.29, 0.717) is 119 Å². The molecule has 0 atom stereocenters. The number of nitrogens with zero attached hydrogens (tertiary/aromatic N) is 6. The molecule has 0 amide bonds. The molecular weight excluding hydrogens is 1100 g/mol. The van der Waals surface area contributed by atoms with Crippen LogP contribution in [0.5, 0.6) is 0 Å². The van der Waals surface area contributed by atoms with E-state index in [4.69, 9.17) is 19.9 Å². The van der Waals surface area contributed by atoms with Crippen molar-refractivity contribution in [2.75, 3.05) is 0 Å². The van der Waals surface area contributed by atoms with E-state index in [0.717, 1.165) is 0 Å². The zero-order valence-corrected chi connectivity index (χ0v) is 43.0. The lowest BCUT2D eigenvalue weighted by Crippen LogP contribution is -2.11. The first kappa shape index (κ1) is 53.2. The van der Waals surface area contributed by atoms with Crippen molar-refractivity contribution in [1.29, 1.82) is 0 Å². The number of hydrogen-bond donors (Lipinski definition) is 0. The van der Waals surface area contributed by atoms with E-state index in [9.17, 15) is 52.7 Å². The fourth-order valence-corrected chi connectivity index (χ4v) is 10.9. The molecule has 0 unspecified atom stereocenters. The summed E-state index contributed by atoms with van der Waals surface area (Å²) in [5, 5.41) is 2.15. The van der Waals surface area contributed by atoms with E-state index in [2.05, 4.69) is 0 Å². The molecular formula is C66H36F12N6. The Bertz CT molecular complexity index is 4610. The number of hydrogen-bond acceptors (Lipinski definition) is 4. The Hall–Kier alpha value is -10.1. The van der Waals surface area contributed by atoms with Crippen molar-refractivity contribution in [2.45, 2.75) is 24.7 Å². The summed E-state index contributed by atoms with van der Waals surface area (Å²) in [7, 11) is 0. The van der Waals surface area contributed by atoms with Crippen LogP contribution in [0.1, 0.15) is 22.3 Å². The topological polar surface area (TPSA) is 61.4 Å². The smallest absolute Gasteiger partial charge is 0.309 e. The van der Waals surface area contributed by atoms with Gasteiger partial charge in [0.15, 0.2) is 17.5 Å². The Kier molecular flexibility index (Phi) is 12.6. The van der Waals surface area contributed by atoms with Gasteiger partial charge in [-0.15, -0.1) is 0 Å². The molecule has 0 radical (unpaired) electrons. The molecule has 0 N–H and O–H groups in total. The maximum absolute atomic E-state index is 14.2. The van der Waals surface area contributed by atoms with Crippen molar-refractivity contribution in [3.8, 4) is 79.0 Å². The summed E-state index contributed by atoms with van der Waals surface area (Å²) in [6, 6.07) is 54.0. The number of pyridine rings is 1. The number of fused-ring (bicyclic) bond motifs is 6. The van der Waals surface area contributed by atoms with Crippen LogP contribution in [0.15, 0.2) is 219 Å². The molecule has 4 aromatic heterocycles. The second kappa shape index (κ2) is 19.8. The average Bonchev–Trinajstić information content (AvgIpc) is 2.22. The van der Waals surface area contributed by atoms with Crippen LogP contribution >= 0.6 is 0 Å². The molecule has 0 aliphatic heterocycles. The number of para-hydroxylation sites is 2. The minimum absolute atomic E-state index is 0.0819. The zero-order chi connectivity index (χ0) is 58.5. The van der Waals surface area contributed by atoms with E-state index in [1.165, 1.54) is 12.1 Å². The highest BCUT2D eigenvalue weighted by atomic mass is 19.4. The van der Waals surface area contributed by atoms with Crippen molar-refractivity contribution in [3.05, 3.63) is 241 Å². The van der Waals surface area contributed by atoms with Crippen LogP contribution in [-0.2, 0) is 24.7 Å². The lowest BCUT2D eigenvalue weighted by atomic mass is 9.97. The van der Waals surface area contributed by atoms with Crippen molar-refractivity contribution in [2.24, 2.45) is 0 Å². The lowest BCUT2D eigenvalue weighted by molar-refractivity contribution is -0.144. The molecule has 13 aromatic rings. The quantitative estimate of drug-likeness (QED) is 0.142. The Balaban J connectivity index is 1.09. The summed E-state index contributed by atoms with van der Waals surface area (Å²) >= 11 is 0. The fourth-order valence-electron chi connectivity index (χ4n) is 10.9. The van der Waals surface area contributed by atoms with Crippen molar-refractivity contribution in [3.63, 3.8) is 0 Å². The molecule has 4 heterocycles. The highest BCUT2D eigenvalue weighted by molar-refractivity contribution is 6.13. The Morgan fingerprint density at radius 2 is 0.679 bits per heavy atom. The zero-order valence-electron chi connectivity index (χ0n) is 43.0. The molecule has 0 aliphatic rings. The van der Waals surface area contributed by atoms with Crippen LogP contribution in [0.4, 0.5) is 52.7 Å². The van der Waals surface area contributed by atoms with Gasteiger partial charge in [-0.25, -0.2) is 15.0 Å². The third-order valence-corrected chi connectivity index (χ3v) is 14.7. The first-order valence-corrected chi connectivity index (χ1v) is 25.8. The predicted octanol–water partition coefficient (Wildman–Crippen LogP) is 19.5. The van der Waals surface area contributed by atoms with Crippen molar-refractivity contribution in [1.82, 2.24) is 29.1 Å². The van der Waals surface area contributed by atoms with E-state index in [1.807, 2.05) is 100 Å². The molecule has 0 saturated carbocycles. The van der Waals surface area contributed by atoms with Crippen LogP contribution in [-0.4, -0.2) is 29.1 Å². The maximum Gasteiger partial charge on any atom is 0.416 e. The van der Waals surface area contributed by atoms with Crippen LogP contribution in [0.25, 0.3) is 123 Å². The van der Waals surface area contributed by atoms with Crippen LogP contribution < -0.4 is 0 Å². The summed E-state index contributed by atoms with van der Waals surface area (Å²) in [5.74, 6) is 0.854. The van der Waals surface area contributed by atoms with Gasteiger partial charge < -0.3 is 9.13 Å². The minimum Gasteiger partial charge on any atom is -0.309 e. The van der Waals surface area contributed by atoms with Gasteiger partial charge >= 0.3 is 24.7 Å². The van der Waals surface area contributed by atoms with Gasteiger partial charge in [-0.2, -0.15) is 52.7 Å². The van der Waals surface area contributed by atoms with Gasteiger partial charge in [-0.1, -0.05) is 121 Å². The Morgan fingerprint density at radius 3 is 1.13 bits per heavy atom. The van der Waals surface area contributed by atoms with Crippen LogP contribution in [0.2, 0.25) is 0 Å². The minimum atomic E-state index is -5.09. The van der Waals surface area contributed by atoms with E-state index in [1.54, 1.807) is 79.0 Å². The molecule has 414 valence electrons. The van der Waals surface area contributed by atoms with Crippen LogP contribution in [0.3, 0.4) is 0 Å². The molecule has 9 aromatic carbocycles. The standard InChI is InChI=1S/C66H36F12N6/c67-63(68,69)43-29-41(30-44(35-43)64(70,71)72)39-24-26-54-50(33-39)47-17-7-9-20-52(47)83(54)56-22-11-19-49(62-81-60(37-13-3-1-4-14-37)80-61(82-62)38-15-5-2-6-16-38)58(56)59-57(23-12-28-79-59)84-53-21-10-8-18-48(53)51-34-40(25-27-55(51)84)42-31-45(65(73,74)75)36-46(32-42)66(76,77)78/h1-36H. The van der Waals surface area contributed by atoms with Gasteiger partial charge in [0.05, 0.1) is 61.4 Å². The van der Waals surface area contributed by atoms with E-state index < -0.39 is 47.0 Å². The third-order valence-electron chi connectivity index (χ3n) is 14.7. The molecule has 84 heavy (non-hydrogen) atoms. The molecule has 0 spiro atoms. The third kappa shape index (κ3) is 9.51. The molecule has 0 bridgehead atoms. The predicted molar refractivity (Wildman–Crippen MR) is 299 cm³/mol. The summed E-state index contributed by atoms with van der Waals surface area (Å²) in [4.78, 5) is 20.3. The molecule has 13 rings (SSSR count). The summed E-state index contributed by atoms with van der Waals surface area (Å²) in [6.45, 7) is 0. The van der Waals surface area contributed by atoms with Gasteiger partial charge in [-0.3, -0.25) is 4.98 Å². The highest BCUT2D eigenvalue weighted by Crippen LogP contribution is 2.47. The van der Waals surface area contributed by atoms with Gasteiger partial charge in [0.1, 0.15) is 0 Å². The SMILES string of the molecule is FC(F)(F)c1cc(-c2ccc3c(c2)c2ccccc2n3-c2cccnc2-c2c(-c3nc(-c4ccccc4)nc(-c4ccccc4)n3)cccc2-n2c3ccccc3c3cc(-c4cc(C(F)(F)F)cc(C(F)(F)F)c4)ccc32)cc(C(F)(F)F)c1. The second-order valence-corrected chi connectivity index (χ2v) is 19.9. The van der Waals surface area contributed by atoms with Gasteiger partial charge in [0.2, 0.25) is 0 Å².